The van der Waals surface area contributed by atoms with Gasteiger partial charge in [0, 0.05) is 11.0 Å². The molecule has 0 amide bonds. The topological polar surface area (TPSA) is 17.8 Å². The Bertz CT molecular complexity index is 581. The molecule has 0 spiro atoms. The maximum Gasteiger partial charge on any atom is 0.124 e. The van der Waals surface area contributed by atoms with Crippen LogP contribution >= 0.6 is 27.5 Å². The number of aromatic nitrogens is 2. The molecule has 0 unspecified atom stereocenters. The first-order chi connectivity index (χ1) is 9.43. The van der Waals surface area contributed by atoms with Gasteiger partial charge in [-0.3, -0.25) is 0 Å². The summed E-state index contributed by atoms with van der Waals surface area (Å²) >= 11 is 9.64. The number of rotatable bonds is 5. The molecule has 110 valence electrons. The number of benzene rings is 1. The van der Waals surface area contributed by atoms with Crippen LogP contribution in [0.2, 0.25) is 0 Å². The molecular weight excluding hydrogens is 336 g/mol. The van der Waals surface area contributed by atoms with Gasteiger partial charge in [-0.25, -0.2) is 4.98 Å². The molecule has 1 aromatic heterocycles. The Labute approximate surface area is 134 Å². The van der Waals surface area contributed by atoms with Crippen LogP contribution in [-0.2, 0) is 12.4 Å². The molecular formula is C16H22BrClN2. The normalized spacial score (nSPS) is 12.2. The third-order valence-electron chi connectivity index (χ3n) is 4.01. The number of hydrogen-bond donors (Lipinski definition) is 0. The van der Waals surface area contributed by atoms with E-state index in [-0.39, 0.29) is 0 Å². The van der Waals surface area contributed by atoms with Crippen molar-refractivity contribution >= 4 is 38.6 Å². The van der Waals surface area contributed by atoms with Crippen LogP contribution in [-0.4, -0.2) is 9.55 Å². The summed E-state index contributed by atoms with van der Waals surface area (Å²) in [6, 6.07) is 6.21. The second-order valence-electron chi connectivity index (χ2n) is 6.06. The quantitative estimate of drug-likeness (QED) is 0.649. The fourth-order valence-corrected chi connectivity index (χ4v) is 3.41. The number of alkyl halides is 1. The maximum atomic E-state index is 6.09. The highest BCUT2D eigenvalue weighted by Gasteiger charge is 2.21. The van der Waals surface area contributed by atoms with Crippen molar-refractivity contribution in [1.29, 1.82) is 0 Å². The first-order valence-electron chi connectivity index (χ1n) is 7.14. The summed E-state index contributed by atoms with van der Waals surface area (Å²) in [6.45, 7) is 10.1. The highest BCUT2D eigenvalue weighted by Crippen LogP contribution is 2.28. The van der Waals surface area contributed by atoms with Crippen LogP contribution in [0.5, 0.6) is 0 Å². The van der Waals surface area contributed by atoms with Crippen molar-refractivity contribution in [3.05, 3.63) is 28.5 Å². The van der Waals surface area contributed by atoms with E-state index in [9.17, 15) is 0 Å². The molecule has 0 aliphatic rings. The average molecular weight is 358 g/mol. The smallest absolute Gasteiger partial charge is 0.124 e. The van der Waals surface area contributed by atoms with Gasteiger partial charge < -0.3 is 4.57 Å². The molecule has 4 heteroatoms. The summed E-state index contributed by atoms with van der Waals surface area (Å²) < 4.78 is 3.37. The van der Waals surface area contributed by atoms with Crippen LogP contribution in [0, 0.1) is 17.8 Å². The summed E-state index contributed by atoms with van der Waals surface area (Å²) in [5.74, 6) is 3.32. The first-order valence-corrected chi connectivity index (χ1v) is 8.47. The van der Waals surface area contributed by atoms with Crippen molar-refractivity contribution in [3.8, 4) is 0 Å². The molecule has 1 aromatic carbocycles. The molecule has 0 N–H and O–H groups in total. The summed E-state index contributed by atoms with van der Waals surface area (Å²) in [4.78, 5) is 4.65. The van der Waals surface area contributed by atoms with Crippen molar-refractivity contribution in [2.45, 2.75) is 40.1 Å². The molecule has 0 saturated heterocycles. The van der Waals surface area contributed by atoms with Gasteiger partial charge in [-0.15, -0.1) is 11.6 Å². The minimum atomic E-state index is 0.454. The zero-order chi connectivity index (χ0) is 14.9. The first kappa shape index (κ1) is 15.8. The Balaban J connectivity index is 2.48. The highest BCUT2D eigenvalue weighted by molar-refractivity contribution is 9.10. The zero-order valence-corrected chi connectivity index (χ0v) is 14.9. The van der Waals surface area contributed by atoms with E-state index >= 15 is 0 Å². The Morgan fingerprint density at radius 2 is 1.85 bits per heavy atom. The van der Waals surface area contributed by atoms with Gasteiger partial charge >= 0.3 is 0 Å². The lowest BCUT2D eigenvalue weighted by atomic mass is 9.85. The molecule has 0 atom stereocenters. The standard InChI is InChI=1S/C16H22BrClN2/c1-10(2)13(11(3)4)9-20-15-7-12(17)5-6-14(15)19-16(20)8-18/h5-7,10-11,13H,8-9H2,1-4H3. The number of fused-ring (bicyclic) bond motifs is 1. The fourth-order valence-electron chi connectivity index (χ4n) is 2.85. The minimum absolute atomic E-state index is 0.454. The Kier molecular flexibility index (Phi) is 5.14. The molecule has 20 heavy (non-hydrogen) atoms. The van der Waals surface area contributed by atoms with E-state index in [4.69, 9.17) is 11.6 Å². The second kappa shape index (κ2) is 6.48. The van der Waals surface area contributed by atoms with Gasteiger partial charge in [0.25, 0.3) is 0 Å². The predicted molar refractivity (Wildman–Crippen MR) is 90.2 cm³/mol. The molecule has 2 rings (SSSR count). The largest absolute Gasteiger partial charge is 0.327 e. The summed E-state index contributed by atoms with van der Waals surface area (Å²) in [7, 11) is 0. The molecule has 0 aliphatic heterocycles. The SMILES string of the molecule is CC(C)C(Cn1c(CCl)nc2ccc(Br)cc21)C(C)C. The second-order valence-corrected chi connectivity index (χ2v) is 7.24. The molecule has 0 fully saturated rings. The molecule has 2 aromatic rings. The zero-order valence-electron chi connectivity index (χ0n) is 12.5. The molecule has 1 heterocycles. The van der Waals surface area contributed by atoms with E-state index in [1.165, 1.54) is 5.52 Å². The van der Waals surface area contributed by atoms with Crippen molar-refractivity contribution in [3.63, 3.8) is 0 Å². The lowest BCUT2D eigenvalue weighted by molar-refractivity contribution is 0.252. The van der Waals surface area contributed by atoms with Crippen LogP contribution in [0.25, 0.3) is 11.0 Å². The molecule has 2 nitrogen and oxygen atoms in total. The van der Waals surface area contributed by atoms with E-state index in [1.54, 1.807) is 0 Å². The average Bonchev–Trinajstić information content (AvgIpc) is 2.72. The number of hydrogen-bond acceptors (Lipinski definition) is 1. The van der Waals surface area contributed by atoms with Crippen molar-refractivity contribution in [2.75, 3.05) is 0 Å². The summed E-state index contributed by atoms with van der Waals surface area (Å²) in [5.41, 5.74) is 2.19. The molecule has 0 aliphatic carbocycles. The van der Waals surface area contributed by atoms with E-state index in [1.807, 2.05) is 12.1 Å². The monoisotopic (exact) mass is 356 g/mol. The van der Waals surface area contributed by atoms with Crippen molar-refractivity contribution in [1.82, 2.24) is 9.55 Å². The predicted octanol–water partition coefficient (Wildman–Crippen LogP) is 5.47. The lowest BCUT2D eigenvalue weighted by Gasteiger charge is -2.26. The summed E-state index contributed by atoms with van der Waals surface area (Å²) in [5, 5.41) is 0. The molecule has 0 radical (unpaired) electrons. The van der Waals surface area contributed by atoms with Gasteiger partial charge in [0.1, 0.15) is 5.82 Å². The van der Waals surface area contributed by atoms with E-state index < -0.39 is 0 Å². The van der Waals surface area contributed by atoms with Gasteiger partial charge in [-0.05, 0) is 36.0 Å². The van der Waals surface area contributed by atoms with Crippen LogP contribution < -0.4 is 0 Å². The van der Waals surface area contributed by atoms with Crippen LogP contribution in [0.1, 0.15) is 33.5 Å². The van der Waals surface area contributed by atoms with Gasteiger partial charge in [-0.2, -0.15) is 0 Å². The minimum Gasteiger partial charge on any atom is -0.327 e. The van der Waals surface area contributed by atoms with Gasteiger partial charge in [-0.1, -0.05) is 43.6 Å². The van der Waals surface area contributed by atoms with Crippen molar-refractivity contribution < 1.29 is 0 Å². The fraction of sp³-hybridized carbons (Fsp3) is 0.562. The molecule has 0 saturated carbocycles. The number of nitrogens with zero attached hydrogens (tertiary/aromatic N) is 2. The Morgan fingerprint density at radius 1 is 1.20 bits per heavy atom. The van der Waals surface area contributed by atoms with Crippen LogP contribution in [0.4, 0.5) is 0 Å². The van der Waals surface area contributed by atoms with E-state index in [0.717, 1.165) is 22.4 Å². The highest BCUT2D eigenvalue weighted by atomic mass is 79.9. The molecule has 0 bridgehead atoms. The van der Waals surface area contributed by atoms with Crippen LogP contribution in [0.15, 0.2) is 22.7 Å². The summed E-state index contributed by atoms with van der Waals surface area (Å²) in [6.07, 6.45) is 0. The third kappa shape index (κ3) is 3.20. The number of imidazole rings is 1. The van der Waals surface area contributed by atoms with E-state index in [2.05, 4.69) is 59.2 Å². The Morgan fingerprint density at radius 3 is 2.40 bits per heavy atom. The van der Waals surface area contributed by atoms with Gasteiger partial charge in [0.15, 0.2) is 0 Å². The maximum absolute atomic E-state index is 6.09. The van der Waals surface area contributed by atoms with Crippen molar-refractivity contribution in [2.24, 2.45) is 17.8 Å². The van der Waals surface area contributed by atoms with Gasteiger partial charge in [0.2, 0.25) is 0 Å². The lowest BCUT2D eigenvalue weighted by Crippen LogP contribution is -2.22. The van der Waals surface area contributed by atoms with Gasteiger partial charge in [0.05, 0.1) is 16.9 Å². The number of halogens is 2. The third-order valence-corrected chi connectivity index (χ3v) is 4.75. The Hall–Kier alpha value is -0.540. The van der Waals surface area contributed by atoms with E-state index in [0.29, 0.717) is 23.6 Å². The van der Waals surface area contributed by atoms with Crippen LogP contribution in [0.3, 0.4) is 0 Å².